The lowest BCUT2D eigenvalue weighted by Crippen LogP contribution is -2.26. The van der Waals surface area contributed by atoms with E-state index in [2.05, 4.69) is 0 Å². The zero-order valence-corrected chi connectivity index (χ0v) is 8.84. The Morgan fingerprint density at radius 1 is 0.750 bits per heavy atom. The lowest BCUT2D eigenvalue weighted by Gasteiger charge is -2.10. The SMILES string of the molecule is FC(=C(F)C(F)F)C(F)F.FC=C(F)C(F)(F)C(F)F. The summed E-state index contributed by atoms with van der Waals surface area (Å²) in [5, 5.41) is 0. The number of allylic oxidation sites excluding steroid dienone is 3. The summed E-state index contributed by atoms with van der Waals surface area (Å²) in [5.74, 6) is -13.2. The minimum absolute atomic E-state index is 1.19. The minimum Gasteiger partial charge on any atom is -0.212 e. The highest BCUT2D eigenvalue weighted by Crippen LogP contribution is 2.31. The van der Waals surface area contributed by atoms with Crippen LogP contribution in [0.15, 0.2) is 23.8 Å². The van der Waals surface area contributed by atoms with Crippen molar-refractivity contribution in [3.63, 3.8) is 0 Å². The van der Waals surface area contributed by atoms with Crippen molar-refractivity contribution in [1.29, 1.82) is 0 Å². The number of alkyl halides is 8. The van der Waals surface area contributed by atoms with Gasteiger partial charge < -0.3 is 0 Å². The monoisotopic (exact) mass is 328 g/mol. The van der Waals surface area contributed by atoms with E-state index in [1.165, 1.54) is 0 Å². The molecule has 0 radical (unpaired) electrons. The van der Waals surface area contributed by atoms with Gasteiger partial charge >= 0.3 is 12.3 Å². The molecular formula is C8H4F12. The van der Waals surface area contributed by atoms with Gasteiger partial charge in [-0.25, -0.2) is 43.9 Å². The first-order valence-electron chi connectivity index (χ1n) is 4.13. The minimum atomic E-state index is -5.01. The van der Waals surface area contributed by atoms with Crippen LogP contribution in [0.2, 0.25) is 0 Å². The molecule has 0 rings (SSSR count). The summed E-state index contributed by atoms with van der Waals surface area (Å²) >= 11 is 0. The van der Waals surface area contributed by atoms with Crippen LogP contribution in [-0.4, -0.2) is 25.2 Å². The maximum atomic E-state index is 11.5. The first-order chi connectivity index (χ1) is 8.89. The third-order valence-corrected chi connectivity index (χ3v) is 1.30. The molecule has 0 amide bonds. The lowest BCUT2D eigenvalue weighted by atomic mass is 10.3. The molecule has 0 bridgehead atoms. The van der Waals surface area contributed by atoms with Crippen molar-refractivity contribution >= 4 is 0 Å². The summed E-state index contributed by atoms with van der Waals surface area (Å²) in [7, 11) is 0. The van der Waals surface area contributed by atoms with Gasteiger partial charge in [-0.2, -0.15) is 8.78 Å². The Kier molecular flexibility index (Phi) is 9.15. The zero-order valence-electron chi connectivity index (χ0n) is 8.84. The van der Waals surface area contributed by atoms with Gasteiger partial charge in [0, 0.05) is 0 Å². The maximum absolute atomic E-state index is 11.5. The Morgan fingerprint density at radius 3 is 1.15 bits per heavy atom. The highest BCUT2D eigenvalue weighted by Gasteiger charge is 2.46. The Bertz CT molecular complexity index is 325. The smallest absolute Gasteiger partial charge is 0.212 e. The molecule has 12 heteroatoms. The van der Waals surface area contributed by atoms with Gasteiger partial charge in [0.25, 0.3) is 12.9 Å². The van der Waals surface area contributed by atoms with Gasteiger partial charge in [-0.3, -0.25) is 0 Å². The van der Waals surface area contributed by atoms with E-state index in [9.17, 15) is 52.7 Å². The van der Waals surface area contributed by atoms with Crippen LogP contribution in [0.1, 0.15) is 0 Å². The standard InChI is InChI=1S/2C4H2F6/c5-1-2(6)4(9,10)3(7)8;5-1(3(7)8)2(6)4(9)10/h1,3H;3-4H. The fourth-order valence-electron chi connectivity index (χ4n) is 0.385. The molecule has 0 aliphatic carbocycles. The quantitative estimate of drug-likeness (QED) is 0.612. The van der Waals surface area contributed by atoms with E-state index in [-0.39, 0.29) is 0 Å². The van der Waals surface area contributed by atoms with E-state index in [0.29, 0.717) is 0 Å². The highest BCUT2D eigenvalue weighted by atomic mass is 19.3. The predicted octanol–water partition coefficient (Wildman–Crippen LogP) is 5.33. The average molecular weight is 328 g/mol. The fourth-order valence-corrected chi connectivity index (χ4v) is 0.385. The molecule has 0 aromatic rings. The summed E-state index contributed by atoms with van der Waals surface area (Å²) in [4.78, 5) is 0. The van der Waals surface area contributed by atoms with Gasteiger partial charge in [0.2, 0.25) is 17.5 Å². The van der Waals surface area contributed by atoms with Crippen LogP contribution in [0, 0.1) is 0 Å². The van der Waals surface area contributed by atoms with Crippen molar-refractivity contribution in [3.05, 3.63) is 23.8 Å². The summed E-state index contributed by atoms with van der Waals surface area (Å²) < 4.78 is 134. The molecule has 0 aliphatic heterocycles. The number of hydrogen-bond acceptors (Lipinski definition) is 0. The van der Waals surface area contributed by atoms with Crippen molar-refractivity contribution in [3.8, 4) is 0 Å². The second-order valence-electron chi connectivity index (χ2n) is 2.68. The summed E-state index contributed by atoms with van der Waals surface area (Å²) in [6.45, 7) is 0. The van der Waals surface area contributed by atoms with Crippen LogP contribution in [0.4, 0.5) is 52.7 Å². The molecule has 120 valence electrons. The topological polar surface area (TPSA) is 0 Å². The largest absolute Gasteiger partial charge is 0.360 e. The van der Waals surface area contributed by atoms with Crippen LogP contribution >= 0.6 is 0 Å². The summed E-state index contributed by atoms with van der Waals surface area (Å²) in [6.07, 6.45) is -13.0. The van der Waals surface area contributed by atoms with Crippen LogP contribution in [0.3, 0.4) is 0 Å². The molecule has 0 spiro atoms. The van der Waals surface area contributed by atoms with E-state index in [4.69, 9.17) is 0 Å². The Balaban J connectivity index is 0. The molecule has 0 aliphatic rings. The van der Waals surface area contributed by atoms with Gasteiger partial charge in [0.05, 0.1) is 0 Å². The van der Waals surface area contributed by atoms with E-state index < -0.39 is 49.0 Å². The van der Waals surface area contributed by atoms with Gasteiger partial charge in [0.1, 0.15) is 6.33 Å². The van der Waals surface area contributed by atoms with E-state index >= 15 is 0 Å². The Labute approximate surface area is 103 Å². The van der Waals surface area contributed by atoms with Gasteiger partial charge in [-0.15, -0.1) is 0 Å². The van der Waals surface area contributed by atoms with Gasteiger partial charge in [-0.05, 0) is 0 Å². The van der Waals surface area contributed by atoms with Crippen molar-refractivity contribution < 1.29 is 52.7 Å². The first kappa shape index (κ1) is 20.9. The summed E-state index contributed by atoms with van der Waals surface area (Å²) in [5.41, 5.74) is 0. The third-order valence-electron chi connectivity index (χ3n) is 1.30. The molecule has 0 nitrogen and oxygen atoms in total. The number of halogens is 12. The molecule has 0 aromatic heterocycles. The zero-order chi connectivity index (χ0) is 16.7. The second-order valence-corrected chi connectivity index (χ2v) is 2.68. The first-order valence-corrected chi connectivity index (χ1v) is 4.13. The van der Waals surface area contributed by atoms with Gasteiger partial charge in [-0.1, -0.05) is 0 Å². The molecule has 0 fully saturated rings. The molecule has 0 saturated carbocycles. The molecule has 20 heavy (non-hydrogen) atoms. The average Bonchev–Trinajstić information content (AvgIpc) is 2.35. The van der Waals surface area contributed by atoms with E-state index in [0.717, 1.165) is 0 Å². The lowest BCUT2D eigenvalue weighted by molar-refractivity contribution is -0.113. The number of rotatable bonds is 4. The third kappa shape index (κ3) is 6.70. The fraction of sp³-hybridized carbons (Fsp3) is 0.500. The van der Waals surface area contributed by atoms with E-state index in [1.807, 2.05) is 0 Å². The molecular weight excluding hydrogens is 324 g/mol. The molecule has 0 N–H and O–H groups in total. The van der Waals surface area contributed by atoms with Crippen molar-refractivity contribution in [2.45, 2.75) is 25.2 Å². The second kappa shape index (κ2) is 8.74. The predicted molar refractivity (Wildman–Crippen MR) is 42.5 cm³/mol. The van der Waals surface area contributed by atoms with Crippen molar-refractivity contribution in [1.82, 2.24) is 0 Å². The van der Waals surface area contributed by atoms with Crippen LogP contribution in [0.5, 0.6) is 0 Å². The van der Waals surface area contributed by atoms with Crippen molar-refractivity contribution in [2.75, 3.05) is 0 Å². The molecule has 0 saturated heterocycles. The Hall–Kier alpha value is -1.36. The summed E-state index contributed by atoms with van der Waals surface area (Å²) in [6, 6.07) is 0. The molecule has 0 aromatic carbocycles. The number of hydrogen-bond donors (Lipinski definition) is 0. The van der Waals surface area contributed by atoms with Crippen LogP contribution in [0.25, 0.3) is 0 Å². The molecule has 0 unspecified atom stereocenters. The molecule has 0 atom stereocenters. The van der Waals surface area contributed by atoms with Crippen LogP contribution in [-0.2, 0) is 0 Å². The van der Waals surface area contributed by atoms with Crippen molar-refractivity contribution in [2.24, 2.45) is 0 Å². The van der Waals surface area contributed by atoms with Crippen LogP contribution < -0.4 is 0 Å². The molecule has 0 heterocycles. The van der Waals surface area contributed by atoms with E-state index in [1.54, 1.807) is 0 Å². The van der Waals surface area contributed by atoms with Gasteiger partial charge in [0.15, 0.2) is 0 Å². The Morgan fingerprint density at radius 2 is 1.05 bits per heavy atom. The maximum Gasteiger partial charge on any atom is 0.360 e. The highest BCUT2D eigenvalue weighted by molar-refractivity contribution is 5.04. The normalized spacial score (nSPS) is 14.4.